The molecule has 0 bridgehead atoms. The van der Waals surface area contributed by atoms with Crippen LogP contribution < -0.4 is 4.31 Å². The molecule has 2 fully saturated rings. The number of carbonyl (C=O) groups is 2. The fraction of sp³-hybridized carbons (Fsp3) is 0.417. The third-order valence-electron chi connectivity index (χ3n) is 7.52. The number of likely N-dealkylation sites (N-methyl/N-ethyl adjacent to an activating group) is 1. The van der Waals surface area contributed by atoms with Gasteiger partial charge in [0, 0.05) is 18.9 Å². The van der Waals surface area contributed by atoms with Crippen molar-refractivity contribution in [3.05, 3.63) is 60.2 Å². The molecule has 0 radical (unpaired) electrons. The van der Waals surface area contributed by atoms with Gasteiger partial charge in [0.1, 0.15) is 6.17 Å². The molecule has 3 aliphatic heterocycles. The van der Waals surface area contributed by atoms with Gasteiger partial charge in [-0.3, -0.25) is 14.5 Å². The molecule has 2 aromatic carbocycles. The Morgan fingerprint density at radius 1 is 1.00 bits per heavy atom. The summed E-state index contributed by atoms with van der Waals surface area (Å²) in [5.41, 5.74) is -4.55. The average Bonchev–Trinajstić information content (AvgIpc) is 3.23. The Morgan fingerprint density at radius 2 is 1.62 bits per heavy atom. The maximum atomic E-state index is 14.0. The van der Waals surface area contributed by atoms with E-state index >= 15 is 0 Å². The number of amides is 2. The summed E-state index contributed by atoms with van der Waals surface area (Å²) in [6, 6.07) is 14.8. The molecule has 2 aromatic rings. The summed E-state index contributed by atoms with van der Waals surface area (Å²) < 4.78 is 29.2. The lowest BCUT2D eigenvalue weighted by molar-refractivity contribution is -0.224. The number of para-hydroxylation sites is 1. The molecule has 10 heteroatoms. The third kappa shape index (κ3) is 2.58. The monoisotopic (exact) mass is 485 g/mol. The highest BCUT2D eigenvalue weighted by Gasteiger charge is 2.75. The number of aliphatic hydroxyl groups is 2. The van der Waals surface area contributed by atoms with E-state index in [4.69, 9.17) is 0 Å². The van der Waals surface area contributed by atoms with Crippen LogP contribution in [0.4, 0.5) is 5.69 Å². The molecule has 34 heavy (non-hydrogen) atoms. The van der Waals surface area contributed by atoms with Crippen molar-refractivity contribution in [3.8, 4) is 0 Å². The van der Waals surface area contributed by atoms with Crippen molar-refractivity contribution >= 4 is 27.5 Å². The topological polar surface area (TPSA) is 118 Å². The summed E-state index contributed by atoms with van der Waals surface area (Å²) in [5, 5.41) is 22.6. The molecular formula is C24H27N3O6S. The van der Waals surface area contributed by atoms with Crippen LogP contribution in [0, 0.1) is 0 Å². The van der Waals surface area contributed by atoms with Crippen molar-refractivity contribution < 1.29 is 28.2 Å². The van der Waals surface area contributed by atoms with Gasteiger partial charge in [0.05, 0.1) is 10.6 Å². The van der Waals surface area contributed by atoms with Gasteiger partial charge in [-0.25, -0.2) is 12.7 Å². The maximum Gasteiger partial charge on any atom is 0.280 e. The zero-order valence-corrected chi connectivity index (χ0v) is 20.0. The molecule has 4 atom stereocenters. The first-order chi connectivity index (χ1) is 15.9. The number of anilines is 1. The molecule has 0 saturated carbocycles. The van der Waals surface area contributed by atoms with Crippen LogP contribution in [-0.4, -0.2) is 64.9 Å². The summed E-state index contributed by atoms with van der Waals surface area (Å²) in [6.07, 6.45) is -0.373. The largest absolute Gasteiger partial charge is 0.363 e. The highest BCUT2D eigenvalue weighted by Crippen LogP contribution is 2.61. The molecule has 0 aromatic heterocycles. The Kier molecular flexibility index (Phi) is 4.72. The first kappa shape index (κ1) is 22.8. The standard InChI is InChI=1S/C24H27N3O6S/c1-4-14-23-15-24(31)21(29)25(3)22(2,30)20(28)26(24)19(23)27(18-13-9-8-12-17(18)23)34(32,33)16-10-6-5-7-11-16/h5-13,19,30-31H,4,14-15H2,1-3H3/t19-,22+,23+,24-/m0/s1. The van der Waals surface area contributed by atoms with Crippen molar-refractivity contribution in [1.82, 2.24) is 9.80 Å². The number of rotatable bonds is 4. The minimum atomic E-state index is -4.21. The summed E-state index contributed by atoms with van der Waals surface area (Å²) >= 11 is 0. The van der Waals surface area contributed by atoms with Crippen LogP contribution in [0.3, 0.4) is 0 Å². The van der Waals surface area contributed by atoms with Gasteiger partial charge >= 0.3 is 0 Å². The Labute approximate surface area is 198 Å². The summed E-state index contributed by atoms with van der Waals surface area (Å²) in [4.78, 5) is 28.8. The van der Waals surface area contributed by atoms with Crippen LogP contribution in [0.2, 0.25) is 0 Å². The molecule has 2 amide bonds. The molecule has 180 valence electrons. The lowest BCUT2D eigenvalue weighted by atomic mass is 9.74. The molecule has 2 N–H and O–H groups in total. The van der Waals surface area contributed by atoms with Gasteiger partial charge in [-0.2, -0.15) is 0 Å². The number of fused-ring (bicyclic) bond motifs is 5. The molecule has 0 spiro atoms. The normalized spacial score (nSPS) is 32.6. The fourth-order valence-corrected chi connectivity index (χ4v) is 7.61. The molecule has 3 heterocycles. The number of sulfonamides is 1. The van der Waals surface area contributed by atoms with Crippen molar-refractivity contribution in [2.45, 2.75) is 61.0 Å². The van der Waals surface area contributed by atoms with Gasteiger partial charge in [-0.1, -0.05) is 49.7 Å². The second-order valence-corrected chi connectivity index (χ2v) is 11.3. The third-order valence-corrected chi connectivity index (χ3v) is 9.30. The van der Waals surface area contributed by atoms with Gasteiger partial charge in [-0.15, -0.1) is 0 Å². The van der Waals surface area contributed by atoms with E-state index < -0.39 is 44.9 Å². The Hall–Kier alpha value is -2.95. The smallest absolute Gasteiger partial charge is 0.280 e. The zero-order chi connectivity index (χ0) is 24.7. The highest BCUT2D eigenvalue weighted by molar-refractivity contribution is 7.92. The lowest BCUT2D eigenvalue weighted by Crippen LogP contribution is -2.75. The van der Waals surface area contributed by atoms with Gasteiger partial charge in [0.15, 0.2) is 0 Å². The second kappa shape index (κ2) is 7.03. The van der Waals surface area contributed by atoms with Gasteiger partial charge in [0.2, 0.25) is 11.4 Å². The summed E-state index contributed by atoms with van der Waals surface area (Å²) in [6.45, 7) is 3.10. The van der Waals surface area contributed by atoms with Crippen LogP contribution in [-0.2, 0) is 25.0 Å². The maximum absolute atomic E-state index is 14.0. The first-order valence-electron chi connectivity index (χ1n) is 11.2. The van der Waals surface area contributed by atoms with Crippen LogP contribution in [0.15, 0.2) is 59.5 Å². The van der Waals surface area contributed by atoms with E-state index in [9.17, 15) is 28.2 Å². The van der Waals surface area contributed by atoms with Crippen LogP contribution in [0.5, 0.6) is 0 Å². The number of hydrogen-bond acceptors (Lipinski definition) is 6. The zero-order valence-electron chi connectivity index (χ0n) is 19.2. The minimum absolute atomic E-state index is 0.0206. The quantitative estimate of drug-likeness (QED) is 0.675. The second-order valence-electron chi connectivity index (χ2n) is 9.46. The minimum Gasteiger partial charge on any atom is -0.363 e. The number of benzene rings is 2. The van der Waals surface area contributed by atoms with E-state index in [0.717, 1.165) is 14.1 Å². The van der Waals surface area contributed by atoms with Gasteiger partial charge in [-0.05, 0) is 37.1 Å². The van der Waals surface area contributed by atoms with Gasteiger partial charge in [0.25, 0.3) is 21.8 Å². The SMILES string of the molecule is CCC[C@]12C[C@]3(O)C(=O)N(C)[C@](C)(O)C(=O)N3[C@H]1N(S(=O)(=O)c1ccccc1)c1ccccc12. The molecule has 0 unspecified atom stereocenters. The van der Waals surface area contributed by atoms with Gasteiger partial charge < -0.3 is 15.1 Å². The Morgan fingerprint density at radius 3 is 2.26 bits per heavy atom. The molecule has 5 rings (SSSR count). The summed E-state index contributed by atoms with van der Waals surface area (Å²) in [7, 11) is -2.96. The Balaban J connectivity index is 1.82. The highest BCUT2D eigenvalue weighted by atomic mass is 32.2. The summed E-state index contributed by atoms with van der Waals surface area (Å²) in [5.74, 6) is -1.78. The lowest BCUT2D eigenvalue weighted by Gasteiger charge is -2.50. The first-order valence-corrected chi connectivity index (χ1v) is 12.6. The average molecular weight is 486 g/mol. The molecular weight excluding hydrogens is 458 g/mol. The van der Waals surface area contributed by atoms with Crippen LogP contribution >= 0.6 is 0 Å². The predicted octanol–water partition coefficient (Wildman–Crippen LogP) is 1.36. The van der Waals surface area contributed by atoms with E-state index in [0.29, 0.717) is 24.1 Å². The fourth-order valence-electron chi connectivity index (χ4n) is 5.91. The number of piperazine rings is 1. The number of hydrogen-bond donors (Lipinski definition) is 2. The van der Waals surface area contributed by atoms with E-state index in [1.165, 1.54) is 26.1 Å². The number of nitrogens with zero attached hydrogens (tertiary/aromatic N) is 3. The van der Waals surface area contributed by atoms with Crippen LogP contribution in [0.1, 0.15) is 38.7 Å². The predicted molar refractivity (Wildman–Crippen MR) is 123 cm³/mol. The Bertz CT molecular complexity index is 1300. The van der Waals surface area contributed by atoms with Crippen LogP contribution in [0.25, 0.3) is 0 Å². The van der Waals surface area contributed by atoms with E-state index in [1.807, 2.05) is 6.92 Å². The molecule has 3 aliphatic rings. The molecule has 2 saturated heterocycles. The molecule has 0 aliphatic carbocycles. The van der Waals surface area contributed by atoms with Crippen molar-refractivity contribution in [1.29, 1.82) is 0 Å². The molecule has 9 nitrogen and oxygen atoms in total. The van der Waals surface area contributed by atoms with Crippen molar-refractivity contribution in [2.75, 3.05) is 11.4 Å². The van der Waals surface area contributed by atoms with E-state index in [2.05, 4.69) is 0 Å². The van der Waals surface area contributed by atoms with E-state index in [1.54, 1.807) is 42.5 Å². The van der Waals surface area contributed by atoms with E-state index in [-0.39, 0.29) is 11.3 Å². The number of carbonyl (C=O) groups excluding carboxylic acids is 2. The van der Waals surface area contributed by atoms with Crippen molar-refractivity contribution in [2.24, 2.45) is 0 Å². The van der Waals surface area contributed by atoms with Crippen molar-refractivity contribution in [3.63, 3.8) is 0 Å².